The summed E-state index contributed by atoms with van der Waals surface area (Å²) in [6.45, 7) is 6.09. The molecule has 3 aromatic rings. The number of rotatable bonds is 9. The molecule has 10 heteroatoms. The summed E-state index contributed by atoms with van der Waals surface area (Å²) < 4.78 is 5.90. The Hall–Kier alpha value is -3.31. The number of nitrogens with one attached hydrogen (secondary N) is 2. The Bertz CT molecular complexity index is 1060. The lowest BCUT2D eigenvalue weighted by Gasteiger charge is -2.34. The number of nitrogens with zero attached hydrogens (tertiary/aromatic N) is 5. The SMILES string of the molecule is CNC(O)c1ccc(Oc2ccc(Nc3nc(C)nc(N4CCN(CCO)CC4)n3)cc2)cc1. The molecule has 1 saturated heterocycles. The van der Waals surface area contributed by atoms with Crippen LogP contribution >= 0.6 is 0 Å². The predicted octanol–water partition coefficient (Wildman–Crippen LogP) is 2.04. The van der Waals surface area contributed by atoms with Crippen LogP contribution < -0.4 is 20.3 Å². The number of β-amino-alcohol motifs (C(OH)–C–C–N with tert-alkyl or cyclic N) is 1. The molecule has 0 aliphatic carbocycles. The number of aromatic nitrogens is 3. The van der Waals surface area contributed by atoms with Gasteiger partial charge in [-0.2, -0.15) is 15.0 Å². The van der Waals surface area contributed by atoms with Gasteiger partial charge in [0.15, 0.2) is 0 Å². The number of ether oxygens (including phenoxy) is 1. The monoisotopic (exact) mass is 465 g/mol. The van der Waals surface area contributed by atoms with Crippen molar-refractivity contribution in [3.8, 4) is 11.5 Å². The summed E-state index contributed by atoms with van der Waals surface area (Å²) in [6.07, 6.45) is -0.699. The van der Waals surface area contributed by atoms with Crippen molar-refractivity contribution >= 4 is 17.6 Å². The molecule has 1 unspecified atom stereocenters. The number of hydrogen-bond acceptors (Lipinski definition) is 10. The minimum Gasteiger partial charge on any atom is -0.457 e. The van der Waals surface area contributed by atoms with Gasteiger partial charge in [0, 0.05) is 38.4 Å². The number of hydrogen-bond donors (Lipinski definition) is 4. The molecule has 4 N–H and O–H groups in total. The number of anilines is 3. The minimum atomic E-state index is -0.699. The summed E-state index contributed by atoms with van der Waals surface area (Å²) in [7, 11) is 1.70. The molecule has 0 spiro atoms. The van der Waals surface area contributed by atoms with Crippen LogP contribution in [0.25, 0.3) is 0 Å². The van der Waals surface area contributed by atoms with Crippen molar-refractivity contribution in [3.05, 3.63) is 59.9 Å². The molecule has 0 saturated carbocycles. The van der Waals surface area contributed by atoms with Crippen molar-refractivity contribution in [2.45, 2.75) is 13.2 Å². The molecule has 0 amide bonds. The van der Waals surface area contributed by atoms with Gasteiger partial charge < -0.3 is 25.2 Å². The van der Waals surface area contributed by atoms with E-state index in [2.05, 4.69) is 35.4 Å². The fourth-order valence-electron chi connectivity index (χ4n) is 3.73. The number of benzene rings is 2. The lowest BCUT2D eigenvalue weighted by molar-refractivity contribution is 0.149. The molecule has 0 bridgehead atoms. The van der Waals surface area contributed by atoms with Crippen molar-refractivity contribution in [2.24, 2.45) is 0 Å². The molecule has 1 atom stereocenters. The van der Waals surface area contributed by atoms with Gasteiger partial charge in [0.05, 0.1) is 6.61 Å². The third kappa shape index (κ3) is 6.17. The highest BCUT2D eigenvalue weighted by molar-refractivity contribution is 5.56. The maximum absolute atomic E-state index is 9.81. The van der Waals surface area contributed by atoms with Crippen molar-refractivity contribution in [3.63, 3.8) is 0 Å². The largest absolute Gasteiger partial charge is 0.457 e. The summed E-state index contributed by atoms with van der Waals surface area (Å²) >= 11 is 0. The van der Waals surface area contributed by atoms with Gasteiger partial charge in [-0.15, -0.1) is 0 Å². The van der Waals surface area contributed by atoms with Crippen LogP contribution in [-0.4, -0.2) is 76.4 Å². The third-order valence-electron chi connectivity index (χ3n) is 5.62. The van der Waals surface area contributed by atoms with E-state index in [0.29, 0.717) is 35.8 Å². The lowest BCUT2D eigenvalue weighted by Crippen LogP contribution is -2.47. The van der Waals surface area contributed by atoms with Gasteiger partial charge in [-0.3, -0.25) is 10.2 Å². The minimum absolute atomic E-state index is 0.176. The molecule has 0 radical (unpaired) electrons. The van der Waals surface area contributed by atoms with Gasteiger partial charge in [0.2, 0.25) is 11.9 Å². The van der Waals surface area contributed by atoms with E-state index in [9.17, 15) is 5.11 Å². The summed E-state index contributed by atoms with van der Waals surface area (Å²) in [4.78, 5) is 17.9. The average molecular weight is 466 g/mol. The van der Waals surface area contributed by atoms with Crippen molar-refractivity contribution < 1.29 is 14.9 Å². The van der Waals surface area contributed by atoms with Crippen molar-refractivity contribution in [2.75, 3.05) is 56.6 Å². The first-order valence-electron chi connectivity index (χ1n) is 11.3. The molecular weight excluding hydrogens is 434 g/mol. The van der Waals surface area contributed by atoms with Crippen molar-refractivity contribution in [1.82, 2.24) is 25.2 Å². The van der Waals surface area contributed by atoms with Gasteiger partial charge >= 0.3 is 0 Å². The molecule has 1 aliphatic rings. The maximum atomic E-state index is 9.81. The van der Waals surface area contributed by atoms with Crippen LogP contribution in [-0.2, 0) is 0 Å². The highest BCUT2D eigenvalue weighted by Gasteiger charge is 2.19. The van der Waals surface area contributed by atoms with E-state index in [-0.39, 0.29) is 6.61 Å². The molecule has 34 heavy (non-hydrogen) atoms. The zero-order valence-corrected chi connectivity index (χ0v) is 19.5. The van der Waals surface area contributed by atoms with E-state index in [4.69, 9.17) is 9.84 Å². The Balaban J connectivity index is 1.37. The summed E-state index contributed by atoms with van der Waals surface area (Å²) in [6, 6.07) is 14.8. The number of aryl methyl sites for hydroxylation is 1. The van der Waals surface area contributed by atoms with Crippen LogP contribution in [0.3, 0.4) is 0 Å². The van der Waals surface area contributed by atoms with Gasteiger partial charge in [0.25, 0.3) is 0 Å². The van der Waals surface area contributed by atoms with Crippen LogP contribution in [0.1, 0.15) is 17.6 Å². The first-order chi connectivity index (χ1) is 16.5. The van der Waals surface area contributed by atoms with Crippen LogP contribution in [0.2, 0.25) is 0 Å². The molecule has 1 aliphatic heterocycles. The van der Waals surface area contributed by atoms with E-state index in [1.54, 1.807) is 7.05 Å². The first-order valence-corrected chi connectivity index (χ1v) is 11.3. The van der Waals surface area contributed by atoms with Gasteiger partial charge in [0.1, 0.15) is 23.6 Å². The quantitative estimate of drug-likeness (QED) is 0.350. The van der Waals surface area contributed by atoms with Crippen LogP contribution in [0.4, 0.5) is 17.6 Å². The second kappa shape index (κ2) is 11.2. The lowest BCUT2D eigenvalue weighted by atomic mass is 10.2. The molecule has 2 heterocycles. The molecular formula is C24H31N7O3. The molecule has 10 nitrogen and oxygen atoms in total. The topological polar surface area (TPSA) is 119 Å². The highest BCUT2D eigenvalue weighted by Crippen LogP contribution is 2.25. The van der Waals surface area contributed by atoms with E-state index in [0.717, 1.165) is 37.4 Å². The Morgan fingerprint density at radius 3 is 2.21 bits per heavy atom. The van der Waals surface area contributed by atoms with E-state index in [1.165, 1.54) is 0 Å². The summed E-state index contributed by atoms with van der Waals surface area (Å²) in [5.41, 5.74) is 1.61. The Labute approximate surface area is 199 Å². The zero-order chi connectivity index (χ0) is 23.9. The molecule has 1 fully saturated rings. The van der Waals surface area contributed by atoms with Crippen LogP contribution in [0, 0.1) is 6.92 Å². The van der Waals surface area contributed by atoms with Crippen LogP contribution in [0.15, 0.2) is 48.5 Å². The Morgan fingerprint density at radius 1 is 0.941 bits per heavy atom. The average Bonchev–Trinajstić information content (AvgIpc) is 2.85. The first kappa shape index (κ1) is 23.8. The smallest absolute Gasteiger partial charge is 0.232 e. The standard InChI is InChI=1S/C24H31N7O3/c1-17-26-23(29-24(27-17)31-13-11-30(12-14-31)15-16-32)28-19-5-9-21(10-6-19)34-20-7-3-18(4-8-20)22(33)25-2/h3-10,22,25,32-33H,11-16H2,1-2H3,(H,26,27,28,29). The summed E-state index contributed by atoms with van der Waals surface area (Å²) in [5.74, 6) is 3.18. The summed E-state index contributed by atoms with van der Waals surface area (Å²) in [5, 5.41) is 25.0. The molecule has 2 aromatic carbocycles. The Kier molecular flexibility index (Phi) is 7.86. The van der Waals surface area contributed by atoms with Gasteiger partial charge in [-0.25, -0.2) is 0 Å². The Morgan fingerprint density at radius 2 is 1.59 bits per heavy atom. The molecule has 4 rings (SSSR count). The zero-order valence-electron chi connectivity index (χ0n) is 19.5. The number of aliphatic hydroxyl groups is 2. The van der Waals surface area contributed by atoms with Gasteiger partial charge in [-0.1, -0.05) is 12.1 Å². The van der Waals surface area contributed by atoms with E-state index >= 15 is 0 Å². The molecule has 180 valence electrons. The third-order valence-corrected chi connectivity index (χ3v) is 5.62. The van der Waals surface area contributed by atoms with Gasteiger partial charge in [-0.05, 0) is 55.9 Å². The fraction of sp³-hybridized carbons (Fsp3) is 0.375. The van der Waals surface area contributed by atoms with E-state index in [1.807, 2.05) is 55.5 Å². The molecule has 1 aromatic heterocycles. The number of aliphatic hydroxyl groups excluding tert-OH is 2. The predicted molar refractivity (Wildman–Crippen MR) is 131 cm³/mol. The van der Waals surface area contributed by atoms with Crippen molar-refractivity contribution in [1.29, 1.82) is 0 Å². The maximum Gasteiger partial charge on any atom is 0.232 e. The second-order valence-electron chi connectivity index (χ2n) is 8.07. The fourth-order valence-corrected chi connectivity index (χ4v) is 3.73. The number of piperazine rings is 1. The second-order valence-corrected chi connectivity index (χ2v) is 8.07. The normalized spacial score (nSPS) is 15.2. The highest BCUT2D eigenvalue weighted by atomic mass is 16.5. The van der Waals surface area contributed by atoms with E-state index < -0.39 is 6.23 Å². The van der Waals surface area contributed by atoms with Crippen LogP contribution in [0.5, 0.6) is 11.5 Å².